The van der Waals surface area contributed by atoms with E-state index in [1.165, 1.54) is 4.90 Å². The minimum atomic E-state index is -0.318. The molecule has 3 amide bonds. The summed E-state index contributed by atoms with van der Waals surface area (Å²) < 4.78 is 0. The first-order valence-corrected chi connectivity index (χ1v) is 10.3. The molecule has 2 aromatic carbocycles. The normalized spacial score (nSPS) is 13.0. The van der Waals surface area contributed by atoms with Crippen LogP contribution in [-0.2, 0) is 11.2 Å². The van der Waals surface area contributed by atoms with E-state index >= 15 is 0 Å². The molecule has 4 rings (SSSR count). The number of aromatic amines is 1. The fourth-order valence-electron chi connectivity index (χ4n) is 4.07. The van der Waals surface area contributed by atoms with Crippen LogP contribution in [0.4, 0.5) is 5.69 Å². The molecule has 0 saturated heterocycles. The summed E-state index contributed by atoms with van der Waals surface area (Å²) in [4.78, 5) is 53.4. The van der Waals surface area contributed by atoms with Gasteiger partial charge in [0.1, 0.15) is 0 Å². The molecule has 0 saturated carbocycles. The summed E-state index contributed by atoms with van der Waals surface area (Å²) in [6, 6.07) is 12.1. The summed E-state index contributed by atoms with van der Waals surface area (Å²) in [5.74, 6) is -0.858. The number of anilines is 1. The lowest BCUT2D eigenvalue weighted by atomic mass is 10.0. The topological polar surface area (TPSA) is 99.3 Å². The van der Waals surface area contributed by atoms with E-state index in [0.29, 0.717) is 35.2 Å². The van der Waals surface area contributed by atoms with E-state index in [2.05, 4.69) is 10.3 Å². The van der Waals surface area contributed by atoms with Gasteiger partial charge in [-0.1, -0.05) is 25.1 Å². The van der Waals surface area contributed by atoms with Crippen molar-refractivity contribution in [1.82, 2.24) is 9.88 Å². The standard InChI is InChI=1S/C24H23N3O4/c1-3-16-14(2)17-11-10-15(13-20(17)26-22(16)29)25-21(28)9-6-12-27-23(30)18-7-4-5-8-19(18)24(27)31/h4-5,7-8,10-11,13H,3,6,9,12H2,1-2H3,(H,25,28)(H,26,29). The van der Waals surface area contributed by atoms with Gasteiger partial charge in [0.05, 0.1) is 16.6 Å². The molecule has 1 aromatic heterocycles. The number of carbonyl (C=O) groups excluding carboxylic acids is 3. The van der Waals surface area contributed by atoms with Crippen LogP contribution < -0.4 is 10.9 Å². The van der Waals surface area contributed by atoms with E-state index in [1.807, 2.05) is 19.9 Å². The second kappa shape index (κ2) is 8.18. The van der Waals surface area contributed by atoms with Crippen molar-refractivity contribution in [2.45, 2.75) is 33.1 Å². The lowest BCUT2D eigenvalue weighted by Crippen LogP contribution is -2.31. The van der Waals surface area contributed by atoms with Gasteiger partial charge in [0.2, 0.25) is 5.91 Å². The molecule has 0 fully saturated rings. The van der Waals surface area contributed by atoms with Gasteiger partial charge >= 0.3 is 0 Å². The summed E-state index contributed by atoms with van der Waals surface area (Å²) in [6.07, 6.45) is 1.18. The first-order chi connectivity index (χ1) is 14.9. The first kappa shape index (κ1) is 20.5. The zero-order chi connectivity index (χ0) is 22.1. The number of imide groups is 1. The second-order valence-electron chi connectivity index (χ2n) is 7.63. The minimum Gasteiger partial charge on any atom is -0.326 e. The van der Waals surface area contributed by atoms with E-state index in [4.69, 9.17) is 0 Å². The lowest BCUT2D eigenvalue weighted by molar-refractivity contribution is -0.116. The molecule has 0 bridgehead atoms. The number of aryl methyl sites for hydroxylation is 1. The number of hydrogen-bond acceptors (Lipinski definition) is 4. The molecular formula is C24H23N3O4. The molecule has 7 heteroatoms. The molecule has 0 radical (unpaired) electrons. The van der Waals surface area contributed by atoms with Crippen molar-refractivity contribution in [3.05, 3.63) is 75.1 Å². The molecule has 0 atom stereocenters. The van der Waals surface area contributed by atoms with E-state index in [1.54, 1.807) is 36.4 Å². The number of pyridine rings is 1. The van der Waals surface area contributed by atoms with Crippen LogP contribution in [0.3, 0.4) is 0 Å². The largest absolute Gasteiger partial charge is 0.326 e. The molecule has 0 spiro atoms. The molecule has 3 aromatic rings. The minimum absolute atomic E-state index is 0.114. The van der Waals surface area contributed by atoms with Crippen LogP contribution in [-0.4, -0.2) is 34.2 Å². The third-order valence-corrected chi connectivity index (χ3v) is 5.70. The van der Waals surface area contributed by atoms with E-state index in [-0.39, 0.29) is 36.2 Å². The summed E-state index contributed by atoms with van der Waals surface area (Å²) in [7, 11) is 0. The van der Waals surface area contributed by atoms with Crippen LogP contribution >= 0.6 is 0 Å². The van der Waals surface area contributed by atoms with Crippen LogP contribution in [0.5, 0.6) is 0 Å². The zero-order valence-electron chi connectivity index (χ0n) is 17.5. The highest BCUT2D eigenvalue weighted by Crippen LogP contribution is 2.23. The third kappa shape index (κ3) is 3.74. The number of carbonyl (C=O) groups is 3. The molecule has 0 aliphatic carbocycles. The van der Waals surface area contributed by atoms with Gasteiger partial charge in [-0.2, -0.15) is 0 Å². The molecule has 7 nitrogen and oxygen atoms in total. The van der Waals surface area contributed by atoms with Gasteiger partial charge in [-0.25, -0.2) is 0 Å². The molecule has 0 unspecified atom stereocenters. The Hall–Kier alpha value is -3.74. The van der Waals surface area contributed by atoms with Crippen LogP contribution in [0.25, 0.3) is 10.9 Å². The summed E-state index contributed by atoms with van der Waals surface area (Å²) in [5.41, 5.74) is 3.66. The molecule has 2 N–H and O–H groups in total. The Balaban J connectivity index is 1.38. The Bertz CT molecular complexity index is 1240. The highest BCUT2D eigenvalue weighted by atomic mass is 16.2. The summed E-state index contributed by atoms with van der Waals surface area (Å²) >= 11 is 0. The number of benzene rings is 2. The number of hydrogen-bond donors (Lipinski definition) is 2. The molecule has 1 aliphatic heterocycles. The monoisotopic (exact) mass is 417 g/mol. The Morgan fingerprint density at radius 1 is 1.03 bits per heavy atom. The number of rotatable bonds is 6. The van der Waals surface area contributed by atoms with Gasteiger partial charge in [0.15, 0.2) is 0 Å². The number of amides is 3. The Labute approximate surface area is 179 Å². The maximum atomic E-state index is 12.4. The number of H-pyrrole nitrogens is 1. The van der Waals surface area contributed by atoms with Crippen molar-refractivity contribution in [3.63, 3.8) is 0 Å². The van der Waals surface area contributed by atoms with Gasteiger partial charge in [-0.05, 0) is 49.6 Å². The molecule has 158 valence electrons. The Kier molecular flexibility index (Phi) is 5.42. The van der Waals surface area contributed by atoms with Gasteiger partial charge < -0.3 is 10.3 Å². The van der Waals surface area contributed by atoms with Crippen LogP contribution in [0, 0.1) is 6.92 Å². The first-order valence-electron chi connectivity index (χ1n) is 10.3. The Morgan fingerprint density at radius 3 is 2.35 bits per heavy atom. The fraction of sp³-hybridized carbons (Fsp3) is 0.250. The number of nitrogens with one attached hydrogen (secondary N) is 2. The van der Waals surface area contributed by atoms with Crippen molar-refractivity contribution >= 4 is 34.3 Å². The zero-order valence-corrected chi connectivity index (χ0v) is 17.5. The Morgan fingerprint density at radius 2 is 1.71 bits per heavy atom. The summed E-state index contributed by atoms with van der Waals surface area (Å²) in [5, 5.41) is 3.76. The van der Waals surface area contributed by atoms with Crippen molar-refractivity contribution in [2.24, 2.45) is 0 Å². The average Bonchev–Trinajstić information content (AvgIpc) is 2.99. The average molecular weight is 417 g/mol. The number of aromatic nitrogens is 1. The smallest absolute Gasteiger partial charge is 0.261 e. The highest BCUT2D eigenvalue weighted by Gasteiger charge is 2.34. The highest BCUT2D eigenvalue weighted by molar-refractivity contribution is 6.21. The van der Waals surface area contributed by atoms with Crippen molar-refractivity contribution in [3.8, 4) is 0 Å². The quantitative estimate of drug-likeness (QED) is 0.601. The number of nitrogens with zero attached hydrogens (tertiary/aromatic N) is 1. The second-order valence-corrected chi connectivity index (χ2v) is 7.63. The van der Waals surface area contributed by atoms with Gasteiger partial charge in [0, 0.05) is 29.6 Å². The van der Waals surface area contributed by atoms with Crippen molar-refractivity contribution in [1.29, 1.82) is 0 Å². The molecule has 31 heavy (non-hydrogen) atoms. The molecule has 1 aliphatic rings. The van der Waals surface area contributed by atoms with Crippen LogP contribution in [0.1, 0.15) is 51.6 Å². The van der Waals surface area contributed by atoms with Crippen LogP contribution in [0.2, 0.25) is 0 Å². The summed E-state index contributed by atoms with van der Waals surface area (Å²) in [6.45, 7) is 4.05. The van der Waals surface area contributed by atoms with Gasteiger partial charge in [-0.3, -0.25) is 24.1 Å². The maximum Gasteiger partial charge on any atom is 0.261 e. The molecule has 2 heterocycles. The number of fused-ring (bicyclic) bond motifs is 2. The van der Waals surface area contributed by atoms with Gasteiger partial charge in [-0.15, -0.1) is 0 Å². The van der Waals surface area contributed by atoms with Crippen LogP contribution in [0.15, 0.2) is 47.3 Å². The predicted molar refractivity (Wildman–Crippen MR) is 118 cm³/mol. The van der Waals surface area contributed by atoms with Crippen molar-refractivity contribution < 1.29 is 14.4 Å². The molecular weight excluding hydrogens is 394 g/mol. The van der Waals surface area contributed by atoms with Crippen molar-refractivity contribution in [2.75, 3.05) is 11.9 Å². The van der Waals surface area contributed by atoms with E-state index < -0.39 is 0 Å². The lowest BCUT2D eigenvalue weighted by Gasteiger charge is -2.13. The van der Waals surface area contributed by atoms with E-state index in [9.17, 15) is 19.2 Å². The fourth-order valence-corrected chi connectivity index (χ4v) is 4.07. The SMILES string of the molecule is CCc1c(C)c2ccc(NC(=O)CCCN3C(=O)c4ccccc4C3=O)cc2[nH]c1=O. The van der Waals surface area contributed by atoms with Gasteiger partial charge in [0.25, 0.3) is 17.4 Å². The van der Waals surface area contributed by atoms with E-state index in [0.717, 1.165) is 16.5 Å². The predicted octanol–water partition coefficient (Wildman–Crippen LogP) is 3.41. The maximum absolute atomic E-state index is 12.4. The third-order valence-electron chi connectivity index (χ3n) is 5.70.